The van der Waals surface area contributed by atoms with Gasteiger partial charge in [0.15, 0.2) is 0 Å². The predicted molar refractivity (Wildman–Crippen MR) is 171 cm³/mol. The van der Waals surface area contributed by atoms with Gasteiger partial charge in [-0.05, 0) is 18.6 Å². The molecule has 4 aromatic carbocycles. The summed E-state index contributed by atoms with van der Waals surface area (Å²) in [6.45, 7) is 9.61. The van der Waals surface area contributed by atoms with E-state index in [0.717, 1.165) is 39.0 Å². The molecule has 0 saturated heterocycles. The van der Waals surface area contributed by atoms with E-state index in [1.807, 2.05) is 12.3 Å². The molecule has 0 aliphatic carbocycles. The van der Waals surface area contributed by atoms with Crippen LogP contribution in [0.2, 0.25) is 0 Å². The van der Waals surface area contributed by atoms with Crippen LogP contribution in [0.25, 0.3) is 27.8 Å². The number of hydrogen-bond acceptors (Lipinski definition) is 3. The maximum atomic E-state index is 6.73. The van der Waals surface area contributed by atoms with Crippen LogP contribution in [0.5, 0.6) is 11.5 Å². The number of hydrogen-bond donors (Lipinski definition) is 0. The molecule has 0 fully saturated rings. The predicted octanol–water partition coefficient (Wildman–Crippen LogP) is 9.16. The number of para-hydroxylation sites is 2. The molecule has 0 unspecified atom stereocenters. The van der Waals surface area contributed by atoms with Crippen molar-refractivity contribution in [3.05, 3.63) is 124 Å². The first kappa shape index (κ1) is 27.6. The normalized spacial score (nSPS) is 12.8. The van der Waals surface area contributed by atoms with E-state index in [-0.39, 0.29) is 5.41 Å². The van der Waals surface area contributed by atoms with Crippen molar-refractivity contribution in [2.24, 2.45) is 7.05 Å². The van der Waals surface area contributed by atoms with E-state index < -0.39 is 0 Å². The third-order valence-electron chi connectivity index (χ3n) is 8.24. The summed E-state index contributed by atoms with van der Waals surface area (Å²) in [4.78, 5) is 7.04. The Morgan fingerprint density at radius 2 is 1.56 bits per heavy atom. The van der Waals surface area contributed by atoms with Gasteiger partial charge in [0.05, 0.1) is 0 Å². The molecule has 0 amide bonds. The number of fused-ring (bicyclic) bond motifs is 4. The van der Waals surface area contributed by atoms with Crippen molar-refractivity contribution in [3.8, 4) is 28.3 Å². The molecule has 6 aromatic rings. The molecule has 2 aromatic heterocycles. The fourth-order valence-electron chi connectivity index (χ4n) is 5.92. The molecule has 0 saturated carbocycles. The molecule has 43 heavy (non-hydrogen) atoms. The van der Waals surface area contributed by atoms with Gasteiger partial charge in [-0.3, -0.25) is 0 Å². The van der Waals surface area contributed by atoms with Gasteiger partial charge >= 0.3 is 221 Å². The van der Waals surface area contributed by atoms with Gasteiger partial charge in [-0.25, -0.2) is 0 Å². The summed E-state index contributed by atoms with van der Waals surface area (Å²) in [5.74, 6) is 2.55. The molecule has 0 atom stereocenters. The van der Waals surface area contributed by atoms with Gasteiger partial charge < -0.3 is 0 Å². The second-order valence-corrected chi connectivity index (χ2v) is 13.3. The van der Waals surface area contributed by atoms with Gasteiger partial charge in [0.1, 0.15) is 0 Å². The molecular weight excluding hydrogens is 712 g/mol. The Hall–Kier alpha value is -4.21. The van der Waals surface area contributed by atoms with Crippen molar-refractivity contribution in [2.75, 3.05) is 4.90 Å². The Bertz CT molecular complexity index is 2080. The van der Waals surface area contributed by atoms with Crippen LogP contribution in [-0.4, -0.2) is 14.1 Å². The van der Waals surface area contributed by atoms with E-state index in [2.05, 4.69) is 159 Å². The number of ether oxygens (including phenoxy) is 1. The van der Waals surface area contributed by atoms with Crippen LogP contribution in [-0.2, 0) is 38.4 Å². The van der Waals surface area contributed by atoms with E-state index in [4.69, 9.17) is 9.72 Å². The number of benzene rings is 4. The SMILES string of the molecule is Cc1ccnc(N2Cc3ccccc3-c3ccc(Oc4cc(-n5[c](=[Pt])n(C)c6ccccc65)cc(C(C)(C)C)c4)cc32)c1. The summed E-state index contributed by atoms with van der Waals surface area (Å²) in [6.07, 6.45) is 1.89. The Morgan fingerprint density at radius 1 is 0.791 bits per heavy atom. The number of aromatic nitrogens is 3. The first-order chi connectivity index (χ1) is 20.7. The van der Waals surface area contributed by atoms with Crippen molar-refractivity contribution in [3.63, 3.8) is 0 Å². The van der Waals surface area contributed by atoms with Crippen molar-refractivity contribution in [2.45, 2.75) is 39.7 Å². The first-order valence-electron chi connectivity index (χ1n) is 14.6. The number of aryl methyl sites for hydroxylation is 2. The maximum absolute atomic E-state index is 6.73. The van der Waals surface area contributed by atoms with Gasteiger partial charge in [-0.2, -0.15) is 0 Å². The minimum atomic E-state index is -0.0575. The molecule has 7 rings (SSSR count). The molecule has 3 heterocycles. The Kier molecular flexibility index (Phi) is 6.74. The zero-order valence-electron chi connectivity index (χ0n) is 25.0. The zero-order valence-corrected chi connectivity index (χ0v) is 27.3. The Balaban J connectivity index is 1.35. The van der Waals surface area contributed by atoms with Crippen LogP contribution in [0.1, 0.15) is 37.5 Å². The fraction of sp³-hybridized carbons (Fsp3) is 0.189. The van der Waals surface area contributed by atoms with Crippen LogP contribution in [0, 0.1) is 10.7 Å². The molecule has 5 nitrogen and oxygen atoms in total. The van der Waals surface area contributed by atoms with Gasteiger partial charge in [0.25, 0.3) is 0 Å². The summed E-state index contributed by atoms with van der Waals surface area (Å²) < 4.78 is 12.4. The van der Waals surface area contributed by atoms with Crippen molar-refractivity contribution >= 4 is 22.5 Å². The molecule has 1 aliphatic heterocycles. The fourth-order valence-corrected chi connectivity index (χ4v) is 6.76. The van der Waals surface area contributed by atoms with Gasteiger partial charge in [0.2, 0.25) is 0 Å². The Labute approximate surface area is 263 Å². The number of nitrogens with zero attached hydrogens (tertiary/aromatic N) is 4. The number of anilines is 2. The summed E-state index contributed by atoms with van der Waals surface area (Å²) in [5.41, 5.74) is 10.6. The summed E-state index contributed by atoms with van der Waals surface area (Å²) >= 11 is 2.42. The van der Waals surface area contributed by atoms with Crippen LogP contribution < -0.4 is 9.64 Å². The third kappa shape index (κ3) is 4.96. The van der Waals surface area contributed by atoms with Gasteiger partial charge in [0, 0.05) is 6.20 Å². The molecule has 1 aliphatic rings. The standard InChI is InChI=1S/C37H34N4O.Pt/c1-25-16-17-38-36(18-25)40-23-26-10-6-7-11-31(26)32-15-14-29(22-35(32)40)42-30-20-27(37(2,3)4)19-28(21-30)41-24-39(5)33-12-8-9-13-34(33)41;/h6-22H,23H2,1-5H3;. The third-order valence-corrected chi connectivity index (χ3v) is 9.51. The minimum absolute atomic E-state index is 0.0575. The molecule has 0 spiro atoms. The van der Waals surface area contributed by atoms with E-state index in [0.29, 0.717) is 0 Å². The number of imidazole rings is 1. The summed E-state index contributed by atoms with van der Waals surface area (Å²) in [6, 6.07) is 34.4. The quantitative estimate of drug-likeness (QED) is 0.181. The van der Waals surface area contributed by atoms with Crippen LogP contribution in [0.15, 0.2) is 103 Å². The average Bonchev–Trinajstić information content (AvgIpc) is 3.25. The Morgan fingerprint density at radius 3 is 2.35 bits per heavy atom. The molecule has 0 N–H and O–H groups in total. The molecule has 6 heteroatoms. The second kappa shape index (κ2) is 10.5. The van der Waals surface area contributed by atoms with Gasteiger partial charge in [-0.1, -0.05) is 18.2 Å². The van der Waals surface area contributed by atoms with Crippen molar-refractivity contribution in [1.29, 1.82) is 0 Å². The van der Waals surface area contributed by atoms with Gasteiger partial charge in [-0.15, -0.1) is 0 Å². The summed E-state index contributed by atoms with van der Waals surface area (Å²) in [7, 11) is 2.12. The van der Waals surface area contributed by atoms with Crippen molar-refractivity contribution in [1.82, 2.24) is 14.1 Å². The molecule has 0 radical (unpaired) electrons. The van der Waals surface area contributed by atoms with Crippen molar-refractivity contribution < 1.29 is 24.1 Å². The second-order valence-electron chi connectivity index (χ2n) is 12.3. The molecule has 218 valence electrons. The van der Waals surface area contributed by atoms with E-state index >= 15 is 0 Å². The van der Waals surface area contributed by atoms with Crippen LogP contribution >= 0.6 is 0 Å². The topological polar surface area (TPSA) is 35.2 Å². The van der Waals surface area contributed by atoms with E-state index in [9.17, 15) is 0 Å². The zero-order chi connectivity index (χ0) is 29.9. The molecular formula is C37H34N4OPt. The van der Waals surface area contributed by atoms with E-state index in [1.165, 1.54) is 38.9 Å². The monoisotopic (exact) mass is 745 g/mol. The summed E-state index contributed by atoms with van der Waals surface area (Å²) in [5, 5.41) is 0. The average molecular weight is 746 g/mol. The number of pyridine rings is 1. The van der Waals surface area contributed by atoms with Crippen LogP contribution in [0.3, 0.4) is 0 Å². The van der Waals surface area contributed by atoms with E-state index in [1.54, 1.807) is 0 Å². The van der Waals surface area contributed by atoms with Crippen LogP contribution in [0.4, 0.5) is 11.5 Å². The molecule has 0 bridgehead atoms. The number of rotatable bonds is 4. The first-order valence-corrected chi connectivity index (χ1v) is 15.7.